The molecule has 170 valence electrons. The maximum atomic E-state index is 13.1. The number of nitrogens with one attached hydrogen (secondary N) is 1. The van der Waals surface area contributed by atoms with Gasteiger partial charge in [-0.15, -0.1) is 0 Å². The first-order valence-electron chi connectivity index (χ1n) is 9.54. The second kappa shape index (κ2) is 9.05. The lowest BCUT2D eigenvalue weighted by Gasteiger charge is -2.30. The number of halogens is 6. The molecular weight excluding hydrogens is 438 g/mol. The Balaban J connectivity index is 1.54. The Hall–Kier alpha value is -3.30. The van der Waals surface area contributed by atoms with Crippen LogP contribution >= 0.6 is 0 Å². The molecule has 0 aliphatic carbocycles. The molecule has 3 rings (SSSR count). The molecule has 0 atom stereocenters. The lowest BCUT2D eigenvalue weighted by atomic mass is 9.94. The van der Waals surface area contributed by atoms with Gasteiger partial charge >= 0.3 is 12.4 Å². The van der Waals surface area contributed by atoms with E-state index in [2.05, 4.69) is 5.32 Å². The highest BCUT2D eigenvalue weighted by molar-refractivity contribution is 5.94. The molecule has 0 fully saturated rings. The van der Waals surface area contributed by atoms with Crippen molar-refractivity contribution in [1.82, 2.24) is 10.2 Å². The molecule has 4 nitrogen and oxygen atoms in total. The molecule has 0 spiro atoms. The van der Waals surface area contributed by atoms with Crippen LogP contribution in [0.15, 0.2) is 48.5 Å². The largest absolute Gasteiger partial charge is 0.416 e. The minimum Gasteiger partial charge on any atom is -0.343 e. The van der Waals surface area contributed by atoms with Gasteiger partial charge in [-0.25, -0.2) is 0 Å². The predicted octanol–water partition coefficient (Wildman–Crippen LogP) is 4.44. The fraction of sp³-hybridized carbons (Fsp3) is 0.273. The zero-order valence-corrected chi connectivity index (χ0v) is 16.6. The normalized spacial score (nSPS) is 14.4. The van der Waals surface area contributed by atoms with E-state index >= 15 is 0 Å². The van der Waals surface area contributed by atoms with Crippen LogP contribution in [0.2, 0.25) is 0 Å². The number of hydrogen-bond donors (Lipinski definition) is 1. The first-order chi connectivity index (χ1) is 14.9. The number of nitrogens with zero attached hydrogens (tertiary/aromatic N) is 1. The van der Waals surface area contributed by atoms with Crippen molar-refractivity contribution in [3.05, 3.63) is 76.4 Å². The third-order valence-electron chi connectivity index (χ3n) is 5.00. The van der Waals surface area contributed by atoms with Crippen molar-refractivity contribution in [2.24, 2.45) is 0 Å². The number of carbonyl (C=O) groups is 2. The molecule has 0 radical (unpaired) electrons. The van der Waals surface area contributed by atoms with Crippen LogP contribution in [0.4, 0.5) is 26.3 Å². The Labute approximate surface area is 179 Å². The Bertz CT molecular complexity index is 1030. The van der Waals surface area contributed by atoms with Gasteiger partial charge in [-0.2, -0.15) is 26.3 Å². The Morgan fingerprint density at radius 1 is 0.969 bits per heavy atom. The van der Waals surface area contributed by atoms with Gasteiger partial charge in [0.1, 0.15) is 0 Å². The zero-order chi connectivity index (χ0) is 23.5. The number of benzene rings is 2. The molecule has 2 amide bonds. The summed E-state index contributed by atoms with van der Waals surface area (Å²) in [6.07, 6.45) is -6.49. The molecule has 0 aromatic heterocycles. The molecule has 0 unspecified atom stereocenters. The molecule has 2 aromatic carbocycles. The lowest BCUT2D eigenvalue weighted by Crippen LogP contribution is -2.42. The number of amides is 2. The van der Waals surface area contributed by atoms with E-state index in [4.69, 9.17) is 0 Å². The van der Waals surface area contributed by atoms with E-state index in [9.17, 15) is 35.9 Å². The van der Waals surface area contributed by atoms with E-state index in [1.54, 1.807) is 0 Å². The van der Waals surface area contributed by atoms with Crippen LogP contribution in [0.3, 0.4) is 0 Å². The highest BCUT2D eigenvalue weighted by Crippen LogP contribution is 2.35. The molecule has 1 aliphatic rings. The van der Waals surface area contributed by atoms with E-state index in [0.29, 0.717) is 11.1 Å². The van der Waals surface area contributed by atoms with Crippen molar-refractivity contribution in [1.29, 1.82) is 0 Å². The summed E-state index contributed by atoms with van der Waals surface area (Å²) in [5.41, 5.74) is -0.563. The third kappa shape index (κ3) is 5.68. The van der Waals surface area contributed by atoms with E-state index in [1.807, 2.05) is 0 Å². The number of hydrogen-bond acceptors (Lipinski definition) is 2. The Morgan fingerprint density at radius 2 is 1.66 bits per heavy atom. The van der Waals surface area contributed by atoms with Crippen LogP contribution in [-0.4, -0.2) is 29.8 Å². The van der Waals surface area contributed by atoms with Gasteiger partial charge in [-0.05, 0) is 47.4 Å². The molecule has 1 aliphatic heterocycles. The predicted molar refractivity (Wildman–Crippen MR) is 104 cm³/mol. The number of alkyl halides is 6. The molecule has 1 N–H and O–H groups in total. The fourth-order valence-electron chi connectivity index (χ4n) is 3.38. The van der Waals surface area contributed by atoms with Crippen LogP contribution in [0.5, 0.6) is 0 Å². The molecule has 0 saturated heterocycles. The first-order valence-corrected chi connectivity index (χ1v) is 9.54. The lowest BCUT2D eigenvalue weighted by molar-refractivity contribution is -0.139. The number of fused-ring (bicyclic) bond motifs is 1. The summed E-state index contributed by atoms with van der Waals surface area (Å²) >= 11 is 0. The quantitative estimate of drug-likeness (QED) is 0.547. The molecule has 32 heavy (non-hydrogen) atoms. The molecular formula is C22H18F6N2O2. The maximum absolute atomic E-state index is 13.1. The van der Waals surface area contributed by atoms with Crippen molar-refractivity contribution in [2.75, 3.05) is 13.1 Å². The van der Waals surface area contributed by atoms with Gasteiger partial charge in [0.2, 0.25) is 11.8 Å². The minimum atomic E-state index is -4.47. The van der Waals surface area contributed by atoms with Gasteiger partial charge in [-0.3, -0.25) is 9.59 Å². The zero-order valence-electron chi connectivity index (χ0n) is 16.6. The molecule has 10 heteroatoms. The highest BCUT2D eigenvalue weighted by atomic mass is 19.4. The van der Waals surface area contributed by atoms with Crippen molar-refractivity contribution in [3.63, 3.8) is 0 Å². The molecule has 2 aromatic rings. The summed E-state index contributed by atoms with van der Waals surface area (Å²) in [6.45, 7) is -0.254. The van der Waals surface area contributed by atoms with Crippen LogP contribution in [-0.2, 0) is 34.9 Å². The average Bonchev–Trinajstić information content (AvgIpc) is 2.74. The maximum Gasteiger partial charge on any atom is 0.416 e. The standard InChI is InChI=1S/C22H18F6N2O2/c23-21(24,25)16-7-4-14(5-8-16)6-9-19(31)29-12-20(32)30-11-10-17-15(13-30)2-1-3-18(17)22(26,27)28/h1-9H,10-13H2,(H,29,31)/b9-6+. The number of carbonyl (C=O) groups excluding carboxylic acids is 2. The second-order valence-electron chi connectivity index (χ2n) is 7.18. The van der Waals surface area contributed by atoms with E-state index in [-0.39, 0.29) is 31.6 Å². The highest BCUT2D eigenvalue weighted by Gasteiger charge is 2.35. The SMILES string of the molecule is O=C(/C=C/c1ccc(C(F)(F)F)cc1)NCC(=O)N1CCc2c(cccc2C(F)(F)F)C1. The van der Waals surface area contributed by atoms with Gasteiger partial charge in [0.05, 0.1) is 17.7 Å². The van der Waals surface area contributed by atoms with Crippen LogP contribution in [0.1, 0.15) is 27.8 Å². The minimum absolute atomic E-state index is 0.00928. The van der Waals surface area contributed by atoms with E-state index < -0.39 is 35.3 Å². The van der Waals surface area contributed by atoms with Crippen molar-refractivity contribution in [2.45, 2.75) is 25.3 Å². The van der Waals surface area contributed by atoms with Gasteiger partial charge < -0.3 is 10.2 Å². The summed E-state index contributed by atoms with van der Waals surface area (Å²) in [4.78, 5) is 25.6. The van der Waals surface area contributed by atoms with Crippen LogP contribution in [0, 0.1) is 0 Å². The van der Waals surface area contributed by atoms with Crippen LogP contribution in [0.25, 0.3) is 6.08 Å². The summed E-state index contributed by atoms with van der Waals surface area (Å²) in [6, 6.07) is 8.04. The van der Waals surface area contributed by atoms with Gasteiger partial charge in [0.15, 0.2) is 0 Å². The second-order valence-corrected chi connectivity index (χ2v) is 7.18. The van der Waals surface area contributed by atoms with E-state index in [0.717, 1.165) is 24.3 Å². The summed E-state index contributed by atoms with van der Waals surface area (Å²) in [5.74, 6) is -1.08. The van der Waals surface area contributed by atoms with Gasteiger partial charge in [0.25, 0.3) is 0 Å². The topological polar surface area (TPSA) is 49.4 Å². The number of rotatable bonds is 4. The molecule has 0 saturated carbocycles. The Kier molecular flexibility index (Phi) is 6.61. The van der Waals surface area contributed by atoms with Crippen molar-refractivity contribution < 1.29 is 35.9 Å². The smallest absolute Gasteiger partial charge is 0.343 e. The van der Waals surface area contributed by atoms with Crippen LogP contribution < -0.4 is 5.32 Å². The van der Waals surface area contributed by atoms with Gasteiger partial charge in [-0.1, -0.05) is 24.3 Å². The van der Waals surface area contributed by atoms with Gasteiger partial charge in [0, 0.05) is 19.2 Å². The first kappa shape index (κ1) is 23.4. The van der Waals surface area contributed by atoms with Crippen molar-refractivity contribution >= 4 is 17.9 Å². The van der Waals surface area contributed by atoms with E-state index in [1.165, 1.54) is 35.2 Å². The van der Waals surface area contributed by atoms with Crippen molar-refractivity contribution in [3.8, 4) is 0 Å². The third-order valence-corrected chi connectivity index (χ3v) is 5.00. The summed E-state index contributed by atoms with van der Waals surface area (Å²) in [5, 5.41) is 2.37. The molecule has 1 heterocycles. The summed E-state index contributed by atoms with van der Waals surface area (Å²) < 4.78 is 77.0. The molecule has 0 bridgehead atoms. The monoisotopic (exact) mass is 456 g/mol. The Morgan fingerprint density at radius 3 is 2.28 bits per heavy atom. The average molecular weight is 456 g/mol. The fourth-order valence-corrected chi connectivity index (χ4v) is 3.38. The summed E-state index contributed by atoms with van der Waals surface area (Å²) in [7, 11) is 0.